The third-order valence-electron chi connectivity index (χ3n) is 5.83. The van der Waals surface area contributed by atoms with Crippen LogP contribution in [0.15, 0.2) is 103 Å². The van der Waals surface area contributed by atoms with Gasteiger partial charge in [0.05, 0.1) is 21.5 Å². The lowest BCUT2D eigenvalue weighted by Crippen LogP contribution is -2.11. The van der Waals surface area contributed by atoms with Crippen LogP contribution in [0.25, 0.3) is 15.4 Å². The minimum Gasteiger partial charge on any atom is -0.324 e. The Morgan fingerprint density at radius 1 is 0.806 bits per heavy atom. The van der Waals surface area contributed by atoms with Crippen molar-refractivity contribution >= 4 is 32.8 Å². The molecule has 0 bridgehead atoms. The van der Waals surface area contributed by atoms with Gasteiger partial charge < -0.3 is 9.79 Å². The Balaban J connectivity index is 1.81. The van der Waals surface area contributed by atoms with Crippen molar-refractivity contribution in [2.45, 2.75) is 12.8 Å². The predicted octanol–water partition coefficient (Wildman–Crippen LogP) is 5.58. The maximum absolute atomic E-state index is 13.7. The Morgan fingerprint density at radius 2 is 1.33 bits per heavy atom. The first-order valence-electron chi connectivity index (χ1n) is 11.3. The third kappa shape index (κ3) is 5.81. The lowest BCUT2D eigenvalue weighted by molar-refractivity contribution is 0.371. The lowest BCUT2D eigenvalue weighted by atomic mass is 9.98. The molecule has 0 aliphatic carbocycles. The van der Waals surface area contributed by atoms with Gasteiger partial charge in [0.2, 0.25) is 9.84 Å². The zero-order chi connectivity index (χ0) is 25.8. The standard InChI is InChI=1S/C28H24NO5PS/c29-20-26(22-9-3-1-4-10-22)25-18-27(23-11-5-2-6-12-23)36(33,34)28(19-25)24-15-13-21(14-16-24)8-7-17-35(30,31)32/h1-6,9-16,18-19H,7-8,17H2,(H2,30,31,32). The van der Waals surface area contributed by atoms with E-state index in [0.717, 1.165) is 5.56 Å². The largest absolute Gasteiger partial charge is 0.325 e. The Hall–Kier alpha value is -3.53. The highest BCUT2D eigenvalue weighted by Crippen LogP contribution is 2.40. The average Bonchev–Trinajstić information content (AvgIpc) is 2.86. The number of aryl methyl sites for hydroxylation is 1. The van der Waals surface area contributed by atoms with Gasteiger partial charge in [-0.25, -0.2) is 8.42 Å². The second-order valence-electron chi connectivity index (χ2n) is 8.38. The van der Waals surface area contributed by atoms with Crippen LogP contribution in [0, 0.1) is 11.3 Å². The van der Waals surface area contributed by atoms with Crippen molar-refractivity contribution in [2.24, 2.45) is 0 Å². The maximum atomic E-state index is 13.7. The number of nitrogens with zero attached hydrogens (tertiary/aromatic N) is 1. The van der Waals surface area contributed by atoms with Crippen LogP contribution in [0.4, 0.5) is 0 Å². The molecular weight excluding hydrogens is 493 g/mol. The summed E-state index contributed by atoms with van der Waals surface area (Å²) in [7, 11) is -7.96. The molecule has 1 aliphatic rings. The van der Waals surface area contributed by atoms with E-state index in [2.05, 4.69) is 6.07 Å². The van der Waals surface area contributed by atoms with Gasteiger partial charge in [0, 0.05) is 0 Å². The molecule has 0 aromatic heterocycles. The van der Waals surface area contributed by atoms with Crippen molar-refractivity contribution in [3.8, 4) is 6.07 Å². The van der Waals surface area contributed by atoms with Gasteiger partial charge in [-0.2, -0.15) is 5.26 Å². The summed E-state index contributed by atoms with van der Waals surface area (Å²) in [6.07, 6.45) is 3.67. The normalized spacial score (nSPS) is 16.5. The number of nitriles is 1. The highest BCUT2D eigenvalue weighted by Gasteiger charge is 2.30. The Kier molecular flexibility index (Phi) is 7.53. The van der Waals surface area contributed by atoms with Gasteiger partial charge in [0.15, 0.2) is 0 Å². The molecule has 3 aromatic carbocycles. The van der Waals surface area contributed by atoms with Gasteiger partial charge in [-0.1, -0.05) is 84.9 Å². The fraction of sp³-hybridized carbons (Fsp3) is 0.107. The molecular formula is C28H24NO5PS. The van der Waals surface area contributed by atoms with E-state index in [1.54, 1.807) is 54.6 Å². The van der Waals surface area contributed by atoms with Crippen LogP contribution in [0.3, 0.4) is 0 Å². The zero-order valence-corrected chi connectivity index (χ0v) is 21.0. The number of benzene rings is 3. The molecule has 0 amide bonds. The molecule has 182 valence electrons. The highest BCUT2D eigenvalue weighted by atomic mass is 32.2. The second kappa shape index (κ2) is 10.6. The van der Waals surface area contributed by atoms with Crippen LogP contribution in [-0.4, -0.2) is 24.4 Å². The molecule has 0 saturated carbocycles. The molecule has 36 heavy (non-hydrogen) atoms. The monoisotopic (exact) mass is 517 g/mol. The quantitative estimate of drug-likeness (QED) is 0.312. The first-order valence-corrected chi connectivity index (χ1v) is 14.5. The summed E-state index contributed by atoms with van der Waals surface area (Å²) in [5.41, 5.74) is 3.40. The van der Waals surface area contributed by atoms with Gasteiger partial charge in [-0.15, -0.1) is 0 Å². The van der Waals surface area contributed by atoms with Gasteiger partial charge in [-0.05, 0) is 52.8 Å². The number of rotatable bonds is 7. The van der Waals surface area contributed by atoms with Gasteiger partial charge >= 0.3 is 7.60 Å². The first kappa shape index (κ1) is 25.6. The van der Waals surface area contributed by atoms with E-state index in [0.29, 0.717) is 40.7 Å². The third-order valence-corrected chi connectivity index (χ3v) is 8.59. The molecule has 0 saturated heterocycles. The van der Waals surface area contributed by atoms with Gasteiger partial charge in [0.1, 0.15) is 6.07 Å². The molecule has 8 heteroatoms. The Bertz CT molecular complexity index is 1540. The van der Waals surface area contributed by atoms with E-state index < -0.39 is 17.4 Å². The minimum atomic E-state index is -4.06. The van der Waals surface area contributed by atoms with Crippen LogP contribution in [0.2, 0.25) is 0 Å². The molecule has 3 aromatic rings. The van der Waals surface area contributed by atoms with Gasteiger partial charge in [0.25, 0.3) is 0 Å². The molecule has 6 nitrogen and oxygen atoms in total. The fourth-order valence-electron chi connectivity index (χ4n) is 4.05. The molecule has 1 aliphatic heterocycles. The van der Waals surface area contributed by atoms with E-state index >= 15 is 0 Å². The van der Waals surface area contributed by atoms with Crippen LogP contribution in [0.1, 0.15) is 28.7 Å². The Labute approximate surface area is 210 Å². The number of hydrogen-bond acceptors (Lipinski definition) is 4. The van der Waals surface area contributed by atoms with E-state index in [-0.39, 0.29) is 16.0 Å². The van der Waals surface area contributed by atoms with Crippen molar-refractivity contribution in [2.75, 3.05) is 6.16 Å². The fourth-order valence-corrected chi connectivity index (χ4v) is 6.31. The van der Waals surface area contributed by atoms with E-state index in [4.69, 9.17) is 9.79 Å². The van der Waals surface area contributed by atoms with Crippen molar-refractivity contribution in [1.29, 1.82) is 5.26 Å². The van der Waals surface area contributed by atoms with Crippen molar-refractivity contribution < 1.29 is 22.8 Å². The molecule has 4 rings (SSSR count). The van der Waals surface area contributed by atoms with Crippen LogP contribution in [0.5, 0.6) is 0 Å². The average molecular weight is 518 g/mol. The van der Waals surface area contributed by atoms with Crippen LogP contribution < -0.4 is 0 Å². The van der Waals surface area contributed by atoms with Crippen molar-refractivity contribution in [1.82, 2.24) is 0 Å². The number of sulfone groups is 1. The molecule has 0 fully saturated rings. The Morgan fingerprint density at radius 3 is 1.86 bits per heavy atom. The number of allylic oxidation sites excluding steroid dienone is 4. The van der Waals surface area contributed by atoms with E-state index in [1.165, 1.54) is 6.08 Å². The molecule has 0 atom stereocenters. The molecule has 1 heterocycles. The molecule has 0 unspecified atom stereocenters. The summed E-state index contributed by atoms with van der Waals surface area (Å²) < 4.78 is 38.6. The minimum absolute atomic E-state index is 0.0873. The van der Waals surface area contributed by atoms with Crippen molar-refractivity contribution in [3.63, 3.8) is 0 Å². The summed E-state index contributed by atoms with van der Waals surface area (Å²) in [6, 6.07) is 27.0. The summed E-state index contributed by atoms with van der Waals surface area (Å²) in [5.74, 6) is 0. The summed E-state index contributed by atoms with van der Waals surface area (Å²) >= 11 is 0. The molecule has 0 radical (unpaired) electrons. The van der Waals surface area contributed by atoms with Crippen LogP contribution in [-0.2, 0) is 20.8 Å². The van der Waals surface area contributed by atoms with Crippen molar-refractivity contribution in [3.05, 3.63) is 125 Å². The van der Waals surface area contributed by atoms with Gasteiger partial charge in [-0.3, -0.25) is 4.57 Å². The first-order chi connectivity index (χ1) is 17.2. The topological polar surface area (TPSA) is 115 Å². The predicted molar refractivity (Wildman–Crippen MR) is 142 cm³/mol. The zero-order valence-electron chi connectivity index (χ0n) is 19.3. The summed E-state index contributed by atoms with van der Waals surface area (Å²) in [6.45, 7) is 0. The molecule has 2 N–H and O–H groups in total. The SMILES string of the molecule is N#CC(=C1C=C(c2ccccc2)S(=O)(=O)C(c2ccc(CCCP(=O)(O)O)cc2)=C1)c1ccccc1. The van der Waals surface area contributed by atoms with E-state index in [9.17, 15) is 18.2 Å². The summed E-state index contributed by atoms with van der Waals surface area (Å²) in [5, 5.41) is 9.98. The lowest BCUT2D eigenvalue weighted by Gasteiger charge is -2.19. The van der Waals surface area contributed by atoms with E-state index in [1.807, 2.05) is 36.4 Å². The van der Waals surface area contributed by atoms with Crippen LogP contribution >= 0.6 is 7.60 Å². The second-order valence-corrected chi connectivity index (χ2v) is 12.0. The molecule has 0 spiro atoms. The summed E-state index contributed by atoms with van der Waals surface area (Å²) in [4.78, 5) is 18.3. The smallest absolute Gasteiger partial charge is 0.324 e. The maximum Gasteiger partial charge on any atom is 0.325 e. The highest BCUT2D eigenvalue weighted by molar-refractivity contribution is 8.09. The number of hydrogen-bond donors (Lipinski definition) is 2.